The zero-order valence-corrected chi connectivity index (χ0v) is 14.7. The van der Waals surface area contributed by atoms with E-state index in [-0.39, 0.29) is 24.9 Å². The predicted octanol–water partition coefficient (Wildman–Crippen LogP) is 4.50. The molecule has 0 spiro atoms. The van der Waals surface area contributed by atoms with Gasteiger partial charge in [0, 0.05) is 38.6 Å². The van der Waals surface area contributed by atoms with E-state index in [1.807, 2.05) is 54.6 Å². The third-order valence-corrected chi connectivity index (χ3v) is 4.22. The van der Waals surface area contributed by atoms with Gasteiger partial charge in [0.05, 0.1) is 0 Å². The lowest BCUT2D eigenvalue weighted by molar-refractivity contribution is 0.0738. The molecule has 0 unspecified atom stereocenters. The van der Waals surface area contributed by atoms with Crippen LogP contribution in [0, 0.1) is 0 Å². The van der Waals surface area contributed by atoms with Gasteiger partial charge in [-0.3, -0.25) is 4.90 Å². The second-order valence-corrected chi connectivity index (χ2v) is 5.92. The average Bonchev–Trinajstić information content (AvgIpc) is 2.61. The van der Waals surface area contributed by atoms with Gasteiger partial charge >= 0.3 is 0 Å². The highest BCUT2D eigenvalue weighted by Crippen LogP contribution is 2.31. The lowest BCUT2D eigenvalue weighted by Crippen LogP contribution is -2.45. The van der Waals surface area contributed by atoms with Crippen molar-refractivity contribution in [3.05, 3.63) is 60.2 Å². The summed E-state index contributed by atoms with van der Waals surface area (Å²) in [5, 5.41) is 3.26. The fourth-order valence-corrected chi connectivity index (χ4v) is 3.07. The number of hydrogen-bond acceptors (Lipinski definition) is 3. The monoisotopic (exact) mass is 368 g/mol. The first-order valence-electron chi connectivity index (χ1n) is 8.28. The Morgan fingerprint density at radius 3 is 2.32 bits per heavy atom. The van der Waals surface area contributed by atoms with E-state index in [4.69, 9.17) is 4.74 Å². The minimum absolute atomic E-state index is 0. The van der Waals surface area contributed by atoms with E-state index in [1.54, 1.807) is 0 Å². The van der Waals surface area contributed by atoms with E-state index in [0.29, 0.717) is 5.75 Å². The van der Waals surface area contributed by atoms with E-state index in [0.717, 1.165) is 37.5 Å². The maximum atomic E-state index is 13.1. The molecule has 1 atom stereocenters. The predicted molar refractivity (Wildman–Crippen MR) is 98.0 cm³/mol. The van der Waals surface area contributed by atoms with Gasteiger partial charge in [0.15, 0.2) is 0 Å². The largest absolute Gasteiger partial charge is 0.457 e. The number of hydrogen-bond donors (Lipinski definition) is 1. The van der Waals surface area contributed by atoms with Crippen molar-refractivity contribution in [2.24, 2.45) is 0 Å². The molecule has 136 valence electrons. The number of rotatable bonds is 6. The average molecular weight is 369 g/mol. The first kappa shape index (κ1) is 19.6. The molecule has 0 radical (unpaired) electrons. The quantitative estimate of drug-likeness (QED) is 0.812. The second-order valence-electron chi connectivity index (χ2n) is 5.92. The molecule has 0 bridgehead atoms. The van der Waals surface area contributed by atoms with Crippen molar-refractivity contribution in [1.82, 2.24) is 10.2 Å². The van der Waals surface area contributed by atoms with Crippen LogP contribution in [0.4, 0.5) is 8.78 Å². The van der Waals surface area contributed by atoms with Gasteiger partial charge in [0.25, 0.3) is 0 Å². The topological polar surface area (TPSA) is 24.5 Å². The molecule has 0 amide bonds. The lowest BCUT2D eigenvalue weighted by atomic mass is 10.0. The standard InChI is InChI=1S/C19H22F2N2O.ClH/c20-19(21)14-18(23-11-9-22-10-12-23)15-5-4-8-17(13-15)24-16-6-2-1-3-7-16;/h1-8,13,18-19,22H,9-12,14H2;1H/t18-;/m1./s1. The van der Waals surface area contributed by atoms with Crippen LogP contribution in [0.2, 0.25) is 0 Å². The molecular weight excluding hydrogens is 346 g/mol. The minimum Gasteiger partial charge on any atom is -0.457 e. The highest BCUT2D eigenvalue weighted by atomic mass is 35.5. The Balaban J connectivity index is 0.00000225. The van der Waals surface area contributed by atoms with Gasteiger partial charge in [-0.15, -0.1) is 12.4 Å². The molecule has 0 saturated carbocycles. The van der Waals surface area contributed by atoms with E-state index >= 15 is 0 Å². The molecule has 3 nitrogen and oxygen atoms in total. The summed E-state index contributed by atoms with van der Waals surface area (Å²) in [6, 6.07) is 16.7. The highest BCUT2D eigenvalue weighted by molar-refractivity contribution is 5.85. The molecule has 1 saturated heterocycles. The molecule has 3 rings (SSSR count). The van der Waals surface area contributed by atoms with Crippen LogP contribution >= 0.6 is 12.4 Å². The van der Waals surface area contributed by atoms with Gasteiger partial charge in [0.2, 0.25) is 6.43 Å². The number of alkyl halides is 2. The third kappa shape index (κ3) is 5.66. The van der Waals surface area contributed by atoms with Crippen molar-refractivity contribution < 1.29 is 13.5 Å². The number of para-hydroxylation sites is 1. The van der Waals surface area contributed by atoms with Crippen molar-refractivity contribution in [2.45, 2.75) is 18.9 Å². The zero-order valence-electron chi connectivity index (χ0n) is 13.9. The van der Waals surface area contributed by atoms with Crippen molar-refractivity contribution >= 4 is 12.4 Å². The van der Waals surface area contributed by atoms with Crippen LogP contribution in [-0.2, 0) is 0 Å². The Bertz CT molecular complexity index is 636. The Labute approximate surface area is 153 Å². The summed E-state index contributed by atoms with van der Waals surface area (Å²) in [6.07, 6.45) is -2.49. The molecule has 0 aromatic heterocycles. The van der Waals surface area contributed by atoms with E-state index in [1.165, 1.54) is 0 Å². The fourth-order valence-electron chi connectivity index (χ4n) is 3.07. The smallest absolute Gasteiger partial charge is 0.240 e. The molecule has 1 fully saturated rings. The molecule has 2 aromatic carbocycles. The Kier molecular flexibility index (Phi) is 7.62. The SMILES string of the molecule is Cl.FC(F)C[C@H](c1cccc(Oc2ccccc2)c1)N1CCNCC1. The molecule has 0 aliphatic carbocycles. The molecule has 25 heavy (non-hydrogen) atoms. The maximum Gasteiger partial charge on any atom is 0.240 e. The summed E-state index contributed by atoms with van der Waals surface area (Å²) in [4.78, 5) is 2.13. The van der Waals surface area contributed by atoms with Crippen LogP contribution in [-0.4, -0.2) is 37.5 Å². The molecule has 2 aromatic rings. The van der Waals surface area contributed by atoms with Gasteiger partial charge < -0.3 is 10.1 Å². The van der Waals surface area contributed by atoms with Crippen molar-refractivity contribution in [3.8, 4) is 11.5 Å². The van der Waals surface area contributed by atoms with Crippen molar-refractivity contribution in [1.29, 1.82) is 0 Å². The number of piperazine rings is 1. The Morgan fingerprint density at radius 2 is 1.64 bits per heavy atom. The minimum atomic E-state index is -2.33. The molecule has 1 N–H and O–H groups in total. The normalized spacial score (nSPS) is 16.3. The number of benzene rings is 2. The van der Waals surface area contributed by atoms with Gasteiger partial charge in [0.1, 0.15) is 11.5 Å². The number of nitrogens with one attached hydrogen (secondary N) is 1. The zero-order chi connectivity index (χ0) is 16.8. The van der Waals surface area contributed by atoms with Gasteiger partial charge in [-0.1, -0.05) is 30.3 Å². The highest BCUT2D eigenvalue weighted by Gasteiger charge is 2.25. The number of nitrogens with zero attached hydrogens (tertiary/aromatic N) is 1. The van der Waals surface area contributed by atoms with E-state index in [2.05, 4.69) is 10.2 Å². The summed E-state index contributed by atoms with van der Waals surface area (Å²) in [5.41, 5.74) is 0.880. The van der Waals surface area contributed by atoms with Gasteiger partial charge in [-0.05, 0) is 29.8 Å². The Morgan fingerprint density at radius 1 is 0.960 bits per heavy atom. The van der Waals surface area contributed by atoms with Crippen molar-refractivity contribution in [3.63, 3.8) is 0 Å². The summed E-state index contributed by atoms with van der Waals surface area (Å²) in [5.74, 6) is 1.41. The van der Waals surface area contributed by atoms with Crippen LogP contribution < -0.4 is 10.1 Å². The molecule has 1 heterocycles. The van der Waals surface area contributed by atoms with Crippen LogP contribution in [0.25, 0.3) is 0 Å². The lowest BCUT2D eigenvalue weighted by Gasteiger charge is -2.35. The number of halogens is 3. The van der Waals surface area contributed by atoms with Gasteiger partial charge in [-0.2, -0.15) is 0 Å². The first-order valence-corrected chi connectivity index (χ1v) is 8.28. The van der Waals surface area contributed by atoms with E-state index in [9.17, 15) is 8.78 Å². The second kappa shape index (κ2) is 9.70. The number of ether oxygens (including phenoxy) is 1. The van der Waals surface area contributed by atoms with Crippen LogP contribution in [0.3, 0.4) is 0 Å². The molecule has 1 aliphatic rings. The third-order valence-electron chi connectivity index (χ3n) is 4.22. The van der Waals surface area contributed by atoms with Crippen LogP contribution in [0.5, 0.6) is 11.5 Å². The molecule has 6 heteroatoms. The fraction of sp³-hybridized carbons (Fsp3) is 0.368. The molecular formula is C19H23ClF2N2O. The van der Waals surface area contributed by atoms with Crippen LogP contribution in [0.15, 0.2) is 54.6 Å². The Hall–Kier alpha value is -1.69. The summed E-state index contributed by atoms with van der Waals surface area (Å²) in [6.45, 7) is 3.22. The molecule has 1 aliphatic heterocycles. The van der Waals surface area contributed by atoms with Crippen molar-refractivity contribution in [2.75, 3.05) is 26.2 Å². The summed E-state index contributed by atoms with van der Waals surface area (Å²) < 4.78 is 32.0. The maximum absolute atomic E-state index is 13.1. The van der Waals surface area contributed by atoms with Crippen LogP contribution in [0.1, 0.15) is 18.0 Å². The summed E-state index contributed by atoms with van der Waals surface area (Å²) in [7, 11) is 0. The van der Waals surface area contributed by atoms with E-state index < -0.39 is 6.43 Å². The summed E-state index contributed by atoms with van der Waals surface area (Å²) >= 11 is 0. The first-order chi connectivity index (χ1) is 11.7. The van der Waals surface area contributed by atoms with Gasteiger partial charge in [-0.25, -0.2) is 8.78 Å².